The van der Waals surface area contributed by atoms with Crippen LogP contribution in [0, 0.1) is 0 Å². The summed E-state index contributed by atoms with van der Waals surface area (Å²) < 4.78 is 1.17. The maximum absolute atomic E-state index is 3.59. The quantitative estimate of drug-likeness (QED) is 0.823. The highest BCUT2D eigenvalue weighted by Gasteiger charge is 2.08. The van der Waals surface area contributed by atoms with E-state index in [1.54, 1.807) is 11.3 Å². The van der Waals surface area contributed by atoms with Gasteiger partial charge >= 0.3 is 0 Å². The summed E-state index contributed by atoms with van der Waals surface area (Å²) in [7, 11) is 0. The van der Waals surface area contributed by atoms with Gasteiger partial charge in [0.05, 0.1) is 0 Å². The van der Waals surface area contributed by atoms with Gasteiger partial charge in [-0.25, -0.2) is 0 Å². The first-order chi connectivity index (χ1) is 8.70. The fraction of sp³-hybridized carbons (Fsp3) is 0.333. The van der Waals surface area contributed by atoms with E-state index in [1.165, 1.54) is 20.5 Å². The first-order valence-corrected chi connectivity index (χ1v) is 7.92. The smallest absolute Gasteiger partial charge is 0.0389 e. The third-order valence-electron chi connectivity index (χ3n) is 3.11. The molecule has 3 heteroatoms. The molecule has 96 valence electrons. The molecule has 0 aliphatic carbocycles. The number of nitrogens with one attached hydrogen (secondary N) is 1. The summed E-state index contributed by atoms with van der Waals surface area (Å²) >= 11 is 5.30. The topological polar surface area (TPSA) is 12.0 Å². The van der Waals surface area contributed by atoms with E-state index in [0.29, 0.717) is 6.04 Å². The minimum atomic E-state index is 0.395. The number of halogens is 1. The van der Waals surface area contributed by atoms with Crippen LogP contribution in [0.1, 0.15) is 35.9 Å². The molecule has 1 heterocycles. The number of aryl methyl sites for hydroxylation is 1. The Morgan fingerprint density at radius 2 is 2.00 bits per heavy atom. The molecule has 1 atom stereocenters. The van der Waals surface area contributed by atoms with Crippen LogP contribution in [-0.4, -0.2) is 0 Å². The van der Waals surface area contributed by atoms with Crippen molar-refractivity contribution in [1.29, 1.82) is 0 Å². The van der Waals surface area contributed by atoms with Gasteiger partial charge in [0.1, 0.15) is 0 Å². The SMILES string of the molecule is CCc1ccccc1CNC(C)c1cc(Br)cs1. The molecule has 0 spiro atoms. The Labute approximate surface area is 121 Å². The molecule has 2 rings (SSSR count). The zero-order valence-electron chi connectivity index (χ0n) is 10.7. The number of benzene rings is 1. The monoisotopic (exact) mass is 323 g/mol. The first kappa shape index (κ1) is 13.8. The van der Waals surface area contributed by atoms with Crippen LogP contribution in [0.25, 0.3) is 0 Å². The molecule has 0 bridgehead atoms. The van der Waals surface area contributed by atoms with Gasteiger partial charge < -0.3 is 5.32 Å². The lowest BCUT2D eigenvalue weighted by Crippen LogP contribution is -2.18. The lowest BCUT2D eigenvalue weighted by atomic mass is 10.1. The molecule has 0 aliphatic heterocycles. The summed E-state index contributed by atoms with van der Waals surface area (Å²) in [6.07, 6.45) is 1.09. The molecule has 0 amide bonds. The van der Waals surface area contributed by atoms with Crippen molar-refractivity contribution >= 4 is 27.3 Å². The second-order valence-corrected chi connectivity index (χ2v) is 6.25. The summed E-state index contributed by atoms with van der Waals surface area (Å²) in [5.74, 6) is 0. The third-order valence-corrected chi connectivity index (χ3v) is 4.99. The van der Waals surface area contributed by atoms with Crippen LogP contribution < -0.4 is 5.32 Å². The Bertz CT molecular complexity index is 507. The van der Waals surface area contributed by atoms with Crippen LogP contribution >= 0.6 is 27.3 Å². The average Bonchev–Trinajstić information content (AvgIpc) is 2.83. The summed E-state index contributed by atoms with van der Waals surface area (Å²) in [6, 6.07) is 11.2. The van der Waals surface area contributed by atoms with Gasteiger partial charge in [0, 0.05) is 27.3 Å². The molecule has 0 fully saturated rings. The highest BCUT2D eigenvalue weighted by atomic mass is 79.9. The van der Waals surface area contributed by atoms with E-state index in [9.17, 15) is 0 Å². The van der Waals surface area contributed by atoms with Crippen LogP contribution in [0.3, 0.4) is 0 Å². The van der Waals surface area contributed by atoms with Crippen LogP contribution in [-0.2, 0) is 13.0 Å². The van der Waals surface area contributed by atoms with Crippen molar-refractivity contribution in [3.05, 3.63) is 56.2 Å². The minimum Gasteiger partial charge on any atom is -0.305 e. The van der Waals surface area contributed by atoms with Gasteiger partial charge in [-0.2, -0.15) is 0 Å². The fourth-order valence-electron chi connectivity index (χ4n) is 1.99. The van der Waals surface area contributed by atoms with Gasteiger partial charge in [-0.05, 0) is 46.5 Å². The molecule has 18 heavy (non-hydrogen) atoms. The van der Waals surface area contributed by atoms with E-state index in [4.69, 9.17) is 0 Å². The summed E-state index contributed by atoms with van der Waals surface area (Å²) in [5.41, 5.74) is 2.84. The largest absolute Gasteiger partial charge is 0.305 e. The van der Waals surface area contributed by atoms with E-state index < -0.39 is 0 Å². The zero-order chi connectivity index (χ0) is 13.0. The predicted octanol–water partition coefficient (Wildman–Crippen LogP) is 4.92. The molecule has 1 aromatic heterocycles. The molecule has 2 aromatic rings. The average molecular weight is 324 g/mol. The second-order valence-electron chi connectivity index (χ2n) is 4.39. The molecule has 0 radical (unpaired) electrons. The lowest BCUT2D eigenvalue weighted by molar-refractivity contribution is 0.580. The molecule has 1 N–H and O–H groups in total. The first-order valence-electron chi connectivity index (χ1n) is 6.24. The Morgan fingerprint density at radius 3 is 2.61 bits per heavy atom. The summed E-state index contributed by atoms with van der Waals surface area (Å²) in [4.78, 5) is 1.37. The van der Waals surface area contributed by atoms with Gasteiger partial charge in [0.15, 0.2) is 0 Å². The van der Waals surface area contributed by atoms with Crippen molar-refractivity contribution in [2.24, 2.45) is 0 Å². The Kier molecular flexibility index (Phi) is 4.98. The normalized spacial score (nSPS) is 12.6. The summed E-state index contributed by atoms with van der Waals surface area (Å²) in [6.45, 7) is 5.35. The molecule has 1 aromatic carbocycles. The highest BCUT2D eigenvalue weighted by Crippen LogP contribution is 2.25. The maximum Gasteiger partial charge on any atom is 0.0389 e. The van der Waals surface area contributed by atoms with Crippen LogP contribution in [0.5, 0.6) is 0 Å². The molecule has 0 saturated heterocycles. The van der Waals surface area contributed by atoms with Crippen LogP contribution in [0.15, 0.2) is 40.2 Å². The van der Waals surface area contributed by atoms with Crippen molar-refractivity contribution in [3.63, 3.8) is 0 Å². The van der Waals surface area contributed by atoms with E-state index in [-0.39, 0.29) is 0 Å². The third kappa shape index (κ3) is 3.44. The van der Waals surface area contributed by atoms with E-state index in [1.807, 2.05) is 0 Å². The van der Waals surface area contributed by atoms with Gasteiger partial charge in [-0.1, -0.05) is 31.2 Å². The van der Waals surface area contributed by atoms with Gasteiger partial charge in [-0.15, -0.1) is 11.3 Å². The Balaban J connectivity index is 1.99. The molecule has 0 saturated carbocycles. The Hall–Kier alpha value is -0.640. The lowest BCUT2D eigenvalue weighted by Gasteiger charge is -2.14. The number of thiophene rings is 1. The van der Waals surface area contributed by atoms with Crippen LogP contribution in [0.2, 0.25) is 0 Å². The minimum absolute atomic E-state index is 0.395. The van der Waals surface area contributed by atoms with Crippen molar-refractivity contribution in [3.8, 4) is 0 Å². The highest BCUT2D eigenvalue weighted by molar-refractivity contribution is 9.10. The van der Waals surface area contributed by atoms with Gasteiger partial charge in [0.2, 0.25) is 0 Å². The molecular formula is C15H18BrNS. The molecular weight excluding hydrogens is 306 g/mol. The van der Waals surface area contributed by atoms with E-state index in [0.717, 1.165) is 13.0 Å². The van der Waals surface area contributed by atoms with E-state index >= 15 is 0 Å². The van der Waals surface area contributed by atoms with Crippen molar-refractivity contribution < 1.29 is 0 Å². The summed E-state index contributed by atoms with van der Waals surface area (Å²) in [5, 5.41) is 5.73. The Morgan fingerprint density at radius 1 is 1.28 bits per heavy atom. The van der Waals surface area contributed by atoms with Crippen LogP contribution in [0.4, 0.5) is 0 Å². The molecule has 0 aliphatic rings. The second kappa shape index (κ2) is 6.50. The zero-order valence-corrected chi connectivity index (χ0v) is 13.1. The number of rotatable bonds is 5. The fourth-order valence-corrected chi connectivity index (χ4v) is 3.47. The van der Waals surface area contributed by atoms with E-state index in [2.05, 4.69) is 70.8 Å². The van der Waals surface area contributed by atoms with Gasteiger partial charge in [-0.3, -0.25) is 0 Å². The predicted molar refractivity (Wildman–Crippen MR) is 83.1 cm³/mol. The van der Waals surface area contributed by atoms with Crippen molar-refractivity contribution in [2.75, 3.05) is 0 Å². The van der Waals surface area contributed by atoms with Crippen molar-refractivity contribution in [1.82, 2.24) is 5.32 Å². The number of hydrogen-bond donors (Lipinski definition) is 1. The standard InChI is InChI=1S/C15H18BrNS/c1-3-12-6-4-5-7-13(12)9-17-11(2)15-8-14(16)10-18-15/h4-8,10-11,17H,3,9H2,1-2H3. The molecule has 1 unspecified atom stereocenters. The van der Waals surface area contributed by atoms with Gasteiger partial charge in [0.25, 0.3) is 0 Å². The maximum atomic E-state index is 3.59. The van der Waals surface area contributed by atoms with Crippen molar-refractivity contribution in [2.45, 2.75) is 32.9 Å². The number of hydrogen-bond acceptors (Lipinski definition) is 2. The molecule has 1 nitrogen and oxygen atoms in total.